The van der Waals surface area contributed by atoms with Crippen LogP contribution in [0.4, 0.5) is 0 Å². The second-order valence-corrected chi connectivity index (χ2v) is 5.35. The molecule has 3 aromatic rings. The minimum absolute atomic E-state index is 0.255. The van der Waals surface area contributed by atoms with Crippen LogP contribution in [0.1, 0.15) is 5.69 Å². The molecule has 23 heavy (non-hydrogen) atoms. The van der Waals surface area contributed by atoms with Crippen LogP contribution in [0.3, 0.4) is 0 Å². The molecule has 0 fully saturated rings. The van der Waals surface area contributed by atoms with Gasteiger partial charge in [-0.15, -0.1) is 5.10 Å². The van der Waals surface area contributed by atoms with E-state index < -0.39 is 5.56 Å². The van der Waals surface area contributed by atoms with Gasteiger partial charge in [-0.3, -0.25) is 9.36 Å². The lowest BCUT2D eigenvalue weighted by atomic mass is 10.1. The van der Waals surface area contributed by atoms with Gasteiger partial charge >= 0.3 is 5.69 Å². The molecule has 0 spiro atoms. The highest BCUT2D eigenvalue weighted by molar-refractivity contribution is 5.62. The van der Waals surface area contributed by atoms with Crippen molar-refractivity contribution >= 4 is 0 Å². The number of nitrogens with zero attached hydrogens (tertiary/aromatic N) is 5. The molecule has 0 amide bonds. The van der Waals surface area contributed by atoms with E-state index in [9.17, 15) is 9.59 Å². The summed E-state index contributed by atoms with van der Waals surface area (Å²) in [4.78, 5) is 24.2. The molecular weight excluding hydrogens is 298 g/mol. The van der Waals surface area contributed by atoms with Gasteiger partial charge in [0.1, 0.15) is 29.4 Å². The number of aryl methyl sites for hydroxylation is 1. The Morgan fingerprint density at radius 1 is 1.17 bits per heavy atom. The highest BCUT2D eigenvalue weighted by Crippen LogP contribution is 2.31. The standard InChI is InChI=1S/C15H13N5O3/c1-18-7-9(14(21)19(2)15(18)22)13-11-8-23-12-6-4-3-5-10(12)20(11)17-16-13/h3-7H,8H2,1-2H3. The van der Waals surface area contributed by atoms with Crippen molar-refractivity contribution in [2.75, 3.05) is 0 Å². The van der Waals surface area contributed by atoms with Gasteiger partial charge in [-0.25, -0.2) is 9.48 Å². The zero-order valence-electron chi connectivity index (χ0n) is 12.6. The number of benzene rings is 1. The molecule has 0 atom stereocenters. The van der Waals surface area contributed by atoms with Gasteiger partial charge in [0.25, 0.3) is 5.56 Å². The number of hydrogen-bond acceptors (Lipinski definition) is 5. The molecule has 1 aromatic carbocycles. The van der Waals surface area contributed by atoms with Crippen LogP contribution in [-0.4, -0.2) is 24.1 Å². The molecular formula is C15H13N5O3. The van der Waals surface area contributed by atoms with Crippen LogP contribution in [-0.2, 0) is 20.7 Å². The van der Waals surface area contributed by atoms with E-state index in [1.165, 1.54) is 17.8 Å². The van der Waals surface area contributed by atoms with Crippen LogP contribution < -0.4 is 16.0 Å². The molecule has 0 unspecified atom stereocenters. The first-order valence-corrected chi connectivity index (χ1v) is 7.01. The molecule has 0 bridgehead atoms. The van der Waals surface area contributed by atoms with E-state index in [-0.39, 0.29) is 12.3 Å². The third-order valence-electron chi connectivity index (χ3n) is 3.92. The third-order valence-corrected chi connectivity index (χ3v) is 3.92. The summed E-state index contributed by atoms with van der Waals surface area (Å²) in [5.41, 5.74) is 1.40. The van der Waals surface area contributed by atoms with Gasteiger partial charge in [0.2, 0.25) is 0 Å². The molecule has 1 aliphatic heterocycles. The second-order valence-electron chi connectivity index (χ2n) is 5.35. The number of hydrogen-bond donors (Lipinski definition) is 0. The van der Waals surface area contributed by atoms with Crippen molar-refractivity contribution < 1.29 is 4.74 Å². The average molecular weight is 311 g/mol. The third kappa shape index (κ3) is 1.84. The minimum atomic E-state index is -0.407. The molecule has 0 saturated heterocycles. The number of aromatic nitrogens is 5. The highest BCUT2D eigenvalue weighted by atomic mass is 16.5. The summed E-state index contributed by atoms with van der Waals surface area (Å²) < 4.78 is 9.78. The van der Waals surface area contributed by atoms with Crippen LogP contribution in [0, 0.1) is 0 Å². The van der Waals surface area contributed by atoms with Gasteiger partial charge in [0.15, 0.2) is 0 Å². The van der Waals surface area contributed by atoms with Gasteiger partial charge in [-0.05, 0) is 12.1 Å². The maximum atomic E-state index is 12.4. The lowest BCUT2D eigenvalue weighted by Crippen LogP contribution is -2.37. The summed E-state index contributed by atoms with van der Waals surface area (Å²) >= 11 is 0. The highest BCUT2D eigenvalue weighted by Gasteiger charge is 2.25. The van der Waals surface area contributed by atoms with Gasteiger partial charge < -0.3 is 9.30 Å². The zero-order valence-corrected chi connectivity index (χ0v) is 12.6. The Balaban J connectivity index is 1.97. The van der Waals surface area contributed by atoms with Crippen LogP contribution in [0.2, 0.25) is 0 Å². The Labute approximate surface area is 130 Å². The lowest BCUT2D eigenvalue weighted by Gasteiger charge is -2.18. The van der Waals surface area contributed by atoms with Crippen LogP contribution in [0.5, 0.6) is 5.75 Å². The van der Waals surface area contributed by atoms with Gasteiger partial charge in [0, 0.05) is 20.3 Å². The molecule has 3 heterocycles. The molecule has 8 heteroatoms. The van der Waals surface area contributed by atoms with E-state index >= 15 is 0 Å². The van der Waals surface area contributed by atoms with E-state index in [1.54, 1.807) is 11.7 Å². The molecule has 116 valence electrons. The monoisotopic (exact) mass is 311 g/mol. The van der Waals surface area contributed by atoms with Crippen molar-refractivity contribution in [3.8, 4) is 22.7 Å². The van der Waals surface area contributed by atoms with E-state index in [0.717, 1.165) is 10.3 Å². The van der Waals surface area contributed by atoms with Crippen LogP contribution in [0.25, 0.3) is 16.9 Å². The Hall–Kier alpha value is -3.16. The molecule has 0 saturated carbocycles. The van der Waals surface area contributed by atoms with E-state index in [2.05, 4.69) is 10.3 Å². The maximum absolute atomic E-state index is 12.4. The van der Waals surface area contributed by atoms with Crippen LogP contribution >= 0.6 is 0 Å². The predicted molar refractivity (Wildman–Crippen MR) is 81.6 cm³/mol. The first-order chi connectivity index (χ1) is 11.1. The smallest absolute Gasteiger partial charge is 0.330 e. The number of rotatable bonds is 1. The first-order valence-electron chi connectivity index (χ1n) is 7.01. The molecule has 4 rings (SSSR count). The SMILES string of the molecule is Cn1cc(-c2nnn3c2COc2ccccc2-3)c(=O)n(C)c1=O. The molecule has 1 aliphatic rings. The van der Waals surface area contributed by atoms with Crippen molar-refractivity contribution in [2.24, 2.45) is 14.1 Å². The predicted octanol–water partition coefficient (Wildman–Crippen LogP) is 0.224. The van der Waals surface area contributed by atoms with Crippen molar-refractivity contribution in [2.45, 2.75) is 6.61 Å². The minimum Gasteiger partial charge on any atom is -0.485 e. The Bertz CT molecular complexity index is 1040. The van der Waals surface area contributed by atoms with Crippen molar-refractivity contribution in [3.63, 3.8) is 0 Å². The summed E-state index contributed by atoms with van der Waals surface area (Å²) in [7, 11) is 3.03. The molecule has 2 aromatic heterocycles. The van der Waals surface area contributed by atoms with Crippen LogP contribution in [0.15, 0.2) is 40.1 Å². The fourth-order valence-electron chi connectivity index (χ4n) is 2.70. The molecule has 8 nitrogen and oxygen atoms in total. The normalized spacial score (nSPS) is 12.4. The van der Waals surface area contributed by atoms with Gasteiger partial charge in [-0.2, -0.15) is 0 Å². The quantitative estimate of drug-likeness (QED) is 0.642. The number of para-hydroxylation sites is 2. The molecule has 0 radical (unpaired) electrons. The fraction of sp³-hybridized carbons (Fsp3) is 0.200. The topological polar surface area (TPSA) is 83.9 Å². The summed E-state index contributed by atoms with van der Waals surface area (Å²) in [6, 6.07) is 7.48. The van der Waals surface area contributed by atoms with Gasteiger partial charge in [0.05, 0.1) is 5.56 Å². The Morgan fingerprint density at radius 3 is 2.78 bits per heavy atom. The van der Waals surface area contributed by atoms with Crippen molar-refractivity contribution in [3.05, 3.63) is 57.0 Å². The zero-order chi connectivity index (χ0) is 16.1. The fourth-order valence-corrected chi connectivity index (χ4v) is 2.70. The summed E-state index contributed by atoms with van der Waals surface area (Å²) in [5.74, 6) is 0.713. The lowest BCUT2D eigenvalue weighted by molar-refractivity contribution is 0.282. The summed E-state index contributed by atoms with van der Waals surface area (Å²) in [5, 5.41) is 8.29. The Morgan fingerprint density at radius 2 is 1.96 bits per heavy atom. The molecule has 0 aliphatic carbocycles. The summed E-state index contributed by atoms with van der Waals surface area (Å²) in [6.07, 6.45) is 1.48. The number of ether oxygens (including phenoxy) is 1. The van der Waals surface area contributed by atoms with Crippen molar-refractivity contribution in [1.29, 1.82) is 0 Å². The van der Waals surface area contributed by atoms with Gasteiger partial charge in [-0.1, -0.05) is 17.3 Å². The van der Waals surface area contributed by atoms with Crippen molar-refractivity contribution in [1.82, 2.24) is 24.1 Å². The first kappa shape index (κ1) is 13.5. The Kier molecular flexibility index (Phi) is 2.74. The largest absolute Gasteiger partial charge is 0.485 e. The summed E-state index contributed by atoms with van der Waals surface area (Å²) in [6.45, 7) is 0.255. The second kappa shape index (κ2) is 4.67. The average Bonchev–Trinajstić information content (AvgIpc) is 3.00. The van der Waals surface area contributed by atoms with E-state index in [4.69, 9.17) is 4.74 Å². The maximum Gasteiger partial charge on any atom is 0.330 e. The van der Waals surface area contributed by atoms with E-state index in [0.29, 0.717) is 22.7 Å². The number of fused-ring (bicyclic) bond motifs is 3. The van der Waals surface area contributed by atoms with E-state index in [1.807, 2.05) is 24.3 Å². The molecule has 0 N–H and O–H groups in total.